The first-order chi connectivity index (χ1) is 9.06. The molecule has 1 aromatic heterocycles. The van der Waals surface area contributed by atoms with Crippen LogP contribution in [0.5, 0.6) is 0 Å². The summed E-state index contributed by atoms with van der Waals surface area (Å²) in [5.41, 5.74) is 9.78. The van der Waals surface area contributed by atoms with Crippen molar-refractivity contribution in [3.05, 3.63) is 59.4 Å². The summed E-state index contributed by atoms with van der Waals surface area (Å²) in [5, 5.41) is 0. The minimum absolute atomic E-state index is 0.327. The molecule has 98 valence electrons. The van der Waals surface area contributed by atoms with Gasteiger partial charge in [-0.3, -0.25) is 4.98 Å². The smallest absolute Gasteiger partial charge is 0.122 e. The number of thiocarbonyl (C=S) groups is 1. The second kappa shape index (κ2) is 5.80. The van der Waals surface area contributed by atoms with Crippen LogP contribution in [0.3, 0.4) is 0 Å². The molecule has 1 heterocycles. The molecule has 2 rings (SSSR count). The molecule has 0 aliphatic rings. The van der Waals surface area contributed by atoms with Crippen LogP contribution in [0.15, 0.2) is 42.6 Å². The lowest BCUT2D eigenvalue weighted by Crippen LogP contribution is -2.17. The fourth-order valence-corrected chi connectivity index (χ4v) is 2.05. The first kappa shape index (κ1) is 13.5. The maximum atomic E-state index is 5.54. The van der Waals surface area contributed by atoms with Crippen molar-refractivity contribution < 1.29 is 0 Å². The number of anilines is 1. The molecule has 19 heavy (non-hydrogen) atoms. The molecule has 0 saturated heterocycles. The highest BCUT2D eigenvalue weighted by atomic mass is 32.1. The topological polar surface area (TPSA) is 42.1 Å². The first-order valence-electron chi connectivity index (χ1n) is 6.09. The lowest BCUT2D eigenvalue weighted by Gasteiger charge is -2.19. The molecule has 2 aromatic rings. The Labute approximate surface area is 119 Å². The molecule has 0 amide bonds. The van der Waals surface area contributed by atoms with Crippen LogP contribution in [0, 0.1) is 6.92 Å². The van der Waals surface area contributed by atoms with E-state index in [9.17, 15) is 0 Å². The van der Waals surface area contributed by atoms with Crippen LogP contribution in [0.25, 0.3) is 0 Å². The number of benzene rings is 1. The maximum Gasteiger partial charge on any atom is 0.122 e. The Morgan fingerprint density at radius 3 is 2.68 bits per heavy atom. The van der Waals surface area contributed by atoms with E-state index in [-0.39, 0.29) is 0 Å². The maximum absolute atomic E-state index is 5.54. The third-order valence-electron chi connectivity index (χ3n) is 2.94. The molecule has 3 nitrogen and oxygen atoms in total. The van der Waals surface area contributed by atoms with Crippen molar-refractivity contribution in [1.29, 1.82) is 0 Å². The van der Waals surface area contributed by atoms with Gasteiger partial charge in [0, 0.05) is 13.6 Å². The van der Waals surface area contributed by atoms with Gasteiger partial charge in [0.25, 0.3) is 0 Å². The molecule has 2 N–H and O–H groups in total. The molecule has 0 fully saturated rings. The van der Waals surface area contributed by atoms with Crippen molar-refractivity contribution in [3.63, 3.8) is 0 Å². The van der Waals surface area contributed by atoms with Crippen molar-refractivity contribution in [2.24, 2.45) is 5.73 Å². The van der Waals surface area contributed by atoms with Crippen molar-refractivity contribution in [2.75, 3.05) is 11.9 Å². The highest BCUT2D eigenvalue weighted by Gasteiger charge is 2.04. The molecule has 0 atom stereocenters. The van der Waals surface area contributed by atoms with E-state index in [0.717, 1.165) is 12.2 Å². The van der Waals surface area contributed by atoms with E-state index in [1.165, 1.54) is 11.1 Å². The van der Waals surface area contributed by atoms with E-state index in [1.807, 2.05) is 19.2 Å². The number of aryl methyl sites for hydroxylation is 1. The van der Waals surface area contributed by atoms with Crippen LogP contribution in [0.4, 0.5) is 5.69 Å². The molecule has 0 radical (unpaired) electrons. The van der Waals surface area contributed by atoms with E-state index in [0.29, 0.717) is 10.7 Å². The Bertz CT molecular complexity index is 578. The number of nitrogens with two attached hydrogens (primary N) is 1. The van der Waals surface area contributed by atoms with Crippen molar-refractivity contribution in [1.82, 2.24) is 4.98 Å². The highest BCUT2D eigenvalue weighted by Crippen LogP contribution is 2.15. The Morgan fingerprint density at radius 1 is 1.32 bits per heavy atom. The average molecular weight is 271 g/mol. The minimum Gasteiger partial charge on any atom is -0.388 e. The van der Waals surface area contributed by atoms with E-state index in [1.54, 1.807) is 6.20 Å². The first-order valence-corrected chi connectivity index (χ1v) is 6.49. The van der Waals surface area contributed by atoms with Gasteiger partial charge in [-0.25, -0.2) is 0 Å². The van der Waals surface area contributed by atoms with E-state index in [4.69, 9.17) is 18.0 Å². The molecule has 0 aliphatic heterocycles. The fraction of sp³-hybridized carbons (Fsp3) is 0.200. The third kappa shape index (κ3) is 3.51. The molecular weight excluding hydrogens is 254 g/mol. The fourth-order valence-electron chi connectivity index (χ4n) is 1.93. The Hall–Kier alpha value is -1.94. The molecule has 0 saturated carbocycles. The molecule has 4 heteroatoms. The van der Waals surface area contributed by atoms with E-state index in [2.05, 4.69) is 41.1 Å². The summed E-state index contributed by atoms with van der Waals surface area (Å²) < 4.78 is 0. The summed E-state index contributed by atoms with van der Waals surface area (Å²) in [7, 11) is 2.04. The van der Waals surface area contributed by atoms with Gasteiger partial charge in [0.05, 0.1) is 17.6 Å². The summed E-state index contributed by atoms with van der Waals surface area (Å²) in [6.45, 7) is 2.94. The zero-order chi connectivity index (χ0) is 13.8. The van der Waals surface area contributed by atoms with Gasteiger partial charge in [-0.2, -0.15) is 0 Å². The van der Waals surface area contributed by atoms with Crippen LogP contribution < -0.4 is 10.6 Å². The standard InChI is InChI=1S/C15H17N3S/c1-11-4-3-5-12(8-11)10-18(2)13-6-7-14(15(16)19)17-9-13/h3-9H,10H2,1-2H3,(H2,16,19). The second-order valence-corrected chi connectivity index (χ2v) is 5.05. The number of hydrogen-bond donors (Lipinski definition) is 1. The number of hydrogen-bond acceptors (Lipinski definition) is 3. The minimum atomic E-state index is 0.327. The molecule has 0 aliphatic carbocycles. The number of nitrogens with zero attached hydrogens (tertiary/aromatic N) is 2. The average Bonchev–Trinajstić information content (AvgIpc) is 2.39. The quantitative estimate of drug-likeness (QED) is 0.868. The van der Waals surface area contributed by atoms with E-state index < -0.39 is 0 Å². The molecule has 0 bridgehead atoms. The molecule has 1 aromatic carbocycles. The summed E-state index contributed by atoms with van der Waals surface area (Å²) in [5.74, 6) is 0. The summed E-state index contributed by atoms with van der Waals surface area (Å²) in [6.07, 6.45) is 1.80. The molecular formula is C15H17N3S. The van der Waals surface area contributed by atoms with E-state index >= 15 is 0 Å². The summed E-state index contributed by atoms with van der Waals surface area (Å²) in [4.78, 5) is 6.72. The van der Waals surface area contributed by atoms with Crippen LogP contribution in [-0.2, 0) is 6.54 Å². The number of aromatic nitrogens is 1. The molecule has 0 spiro atoms. The lowest BCUT2D eigenvalue weighted by molar-refractivity contribution is 0.916. The zero-order valence-corrected chi connectivity index (χ0v) is 11.9. The predicted molar refractivity (Wildman–Crippen MR) is 83.4 cm³/mol. The normalized spacial score (nSPS) is 10.2. The van der Waals surface area contributed by atoms with Gasteiger partial charge in [-0.05, 0) is 24.6 Å². The number of rotatable bonds is 4. The summed E-state index contributed by atoms with van der Waals surface area (Å²) >= 11 is 4.89. The zero-order valence-electron chi connectivity index (χ0n) is 11.1. The number of pyridine rings is 1. The monoisotopic (exact) mass is 271 g/mol. The Kier molecular flexibility index (Phi) is 4.12. The van der Waals surface area contributed by atoms with Crippen LogP contribution in [0.2, 0.25) is 0 Å². The third-order valence-corrected chi connectivity index (χ3v) is 3.15. The van der Waals surface area contributed by atoms with Gasteiger partial charge in [-0.1, -0.05) is 42.0 Å². The molecule has 0 unspecified atom stereocenters. The van der Waals surface area contributed by atoms with Gasteiger partial charge >= 0.3 is 0 Å². The van der Waals surface area contributed by atoms with Gasteiger partial charge in [0.15, 0.2) is 0 Å². The van der Waals surface area contributed by atoms with Gasteiger partial charge < -0.3 is 10.6 Å². The van der Waals surface area contributed by atoms with Gasteiger partial charge in [-0.15, -0.1) is 0 Å². The Morgan fingerprint density at radius 2 is 2.11 bits per heavy atom. The second-order valence-electron chi connectivity index (χ2n) is 4.61. The predicted octanol–water partition coefficient (Wildman–Crippen LogP) is 2.66. The van der Waals surface area contributed by atoms with Crippen LogP contribution in [-0.4, -0.2) is 17.0 Å². The van der Waals surface area contributed by atoms with Crippen molar-refractivity contribution >= 4 is 22.9 Å². The Balaban J connectivity index is 2.11. The SMILES string of the molecule is Cc1cccc(CN(C)c2ccc(C(N)=S)nc2)c1. The highest BCUT2D eigenvalue weighted by molar-refractivity contribution is 7.80. The van der Waals surface area contributed by atoms with Gasteiger partial charge in [0.2, 0.25) is 0 Å². The van der Waals surface area contributed by atoms with Crippen LogP contribution in [0.1, 0.15) is 16.8 Å². The lowest BCUT2D eigenvalue weighted by atomic mass is 10.1. The largest absolute Gasteiger partial charge is 0.388 e. The summed E-state index contributed by atoms with van der Waals surface area (Å²) in [6, 6.07) is 12.3. The van der Waals surface area contributed by atoms with Gasteiger partial charge in [0.1, 0.15) is 4.99 Å². The van der Waals surface area contributed by atoms with Crippen molar-refractivity contribution in [3.8, 4) is 0 Å². The van der Waals surface area contributed by atoms with Crippen LogP contribution >= 0.6 is 12.2 Å². The van der Waals surface area contributed by atoms with Crippen molar-refractivity contribution in [2.45, 2.75) is 13.5 Å².